The average Bonchev–Trinajstić information content (AvgIpc) is 3.47. The number of carbonyl (C=O) groups excluding carboxylic acids is 1. The summed E-state index contributed by atoms with van der Waals surface area (Å²) in [5.41, 5.74) is 1.60. The number of rotatable bonds is 8. The Hall–Kier alpha value is -3.27. The first kappa shape index (κ1) is 23.9. The van der Waals surface area contributed by atoms with Crippen LogP contribution in [0.15, 0.2) is 68.9 Å². The van der Waals surface area contributed by atoms with E-state index < -0.39 is 12.0 Å². The van der Waals surface area contributed by atoms with Crippen LogP contribution in [0.1, 0.15) is 23.4 Å². The van der Waals surface area contributed by atoms with E-state index in [-0.39, 0.29) is 12.2 Å². The lowest BCUT2D eigenvalue weighted by molar-refractivity contribution is -0.140. The molecule has 0 radical (unpaired) electrons. The molecule has 0 saturated heterocycles. The highest BCUT2D eigenvalue weighted by atomic mass is 32.1. The van der Waals surface area contributed by atoms with Crippen LogP contribution in [-0.2, 0) is 14.3 Å². The molecule has 1 atom stereocenters. The second kappa shape index (κ2) is 10.8. The van der Waals surface area contributed by atoms with E-state index in [2.05, 4.69) is 4.99 Å². The van der Waals surface area contributed by atoms with Crippen molar-refractivity contribution in [2.24, 2.45) is 4.99 Å². The largest absolute Gasteiger partial charge is 0.496 e. The van der Waals surface area contributed by atoms with Crippen molar-refractivity contribution >= 4 is 40.8 Å². The topological polar surface area (TPSA) is 79.1 Å². The molecule has 1 aromatic carbocycles. The number of carbonyl (C=O) groups is 1. The maximum absolute atomic E-state index is 13.5. The number of esters is 1. The summed E-state index contributed by atoms with van der Waals surface area (Å²) in [5, 5.41) is 1.92. The molecule has 0 N–H and O–H groups in total. The van der Waals surface area contributed by atoms with Gasteiger partial charge in [0.2, 0.25) is 0 Å². The Balaban J connectivity index is 1.76. The summed E-state index contributed by atoms with van der Waals surface area (Å²) >= 11 is 2.77. The number of hydrogen-bond donors (Lipinski definition) is 0. The van der Waals surface area contributed by atoms with Gasteiger partial charge in [0.05, 0.1) is 29.5 Å². The quantitative estimate of drug-likeness (QED) is 0.354. The van der Waals surface area contributed by atoms with Gasteiger partial charge in [-0.1, -0.05) is 47.8 Å². The zero-order valence-corrected chi connectivity index (χ0v) is 20.7. The molecule has 0 saturated carbocycles. The number of thiazole rings is 1. The number of allylic oxidation sites excluding steroid dienone is 2. The number of thiophene rings is 1. The Morgan fingerprint density at radius 3 is 2.74 bits per heavy atom. The smallest absolute Gasteiger partial charge is 0.338 e. The van der Waals surface area contributed by atoms with Gasteiger partial charge in [-0.15, -0.1) is 11.3 Å². The van der Waals surface area contributed by atoms with Gasteiger partial charge in [-0.05, 0) is 30.5 Å². The van der Waals surface area contributed by atoms with Gasteiger partial charge in [0.25, 0.3) is 5.56 Å². The molecule has 4 rings (SSSR count). The summed E-state index contributed by atoms with van der Waals surface area (Å²) in [6.07, 6.45) is 5.47. The van der Waals surface area contributed by atoms with Gasteiger partial charge >= 0.3 is 5.97 Å². The molecule has 0 spiro atoms. The third kappa shape index (κ3) is 4.82. The van der Waals surface area contributed by atoms with Gasteiger partial charge in [-0.3, -0.25) is 9.36 Å². The predicted octanol–water partition coefficient (Wildman–Crippen LogP) is 3.16. The summed E-state index contributed by atoms with van der Waals surface area (Å²) in [4.78, 5) is 32.4. The van der Waals surface area contributed by atoms with Crippen LogP contribution in [0, 0.1) is 0 Å². The number of fused-ring (bicyclic) bond motifs is 1. The van der Waals surface area contributed by atoms with Crippen LogP contribution in [0.4, 0.5) is 0 Å². The van der Waals surface area contributed by atoms with Gasteiger partial charge in [0, 0.05) is 17.6 Å². The number of hydrogen-bond acceptors (Lipinski definition) is 8. The Bertz CT molecular complexity index is 1410. The van der Waals surface area contributed by atoms with Crippen molar-refractivity contribution < 1.29 is 19.0 Å². The lowest BCUT2D eigenvalue weighted by Crippen LogP contribution is -2.39. The van der Waals surface area contributed by atoms with Crippen molar-refractivity contribution in [3.63, 3.8) is 0 Å². The van der Waals surface area contributed by atoms with E-state index in [0.29, 0.717) is 27.2 Å². The van der Waals surface area contributed by atoms with E-state index in [9.17, 15) is 9.59 Å². The maximum atomic E-state index is 13.5. The van der Waals surface area contributed by atoms with Crippen LogP contribution in [0.5, 0.6) is 5.75 Å². The minimum Gasteiger partial charge on any atom is -0.496 e. The van der Waals surface area contributed by atoms with Crippen LogP contribution in [0.2, 0.25) is 0 Å². The third-order valence-corrected chi connectivity index (χ3v) is 7.16. The minimum atomic E-state index is -0.591. The van der Waals surface area contributed by atoms with Gasteiger partial charge in [-0.2, -0.15) is 0 Å². The molecule has 0 fully saturated rings. The summed E-state index contributed by atoms with van der Waals surface area (Å²) in [7, 11) is 3.16. The van der Waals surface area contributed by atoms with Gasteiger partial charge in [0.15, 0.2) is 4.80 Å². The highest BCUT2D eigenvalue weighted by molar-refractivity contribution is 7.10. The Kier molecular flexibility index (Phi) is 7.56. The molecule has 0 aliphatic carbocycles. The third-order valence-electron chi connectivity index (χ3n) is 5.24. The van der Waals surface area contributed by atoms with E-state index in [0.717, 1.165) is 16.2 Å². The van der Waals surface area contributed by atoms with Crippen LogP contribution >= 0.6 is 22.7 Å². The number of nitrogens with zero attached hydrogens (tertiary/aromatic N) is 2. The molecular formula is C25H24N2O5S2. The molecule has 0 unspecified atom stereocenters. The highest BCUT2D eigenvalue weighted by Crippen LogP contribution is 2.33. The molecule has 0 amide bonds. The van der Waals surface area contributed by atoms with E-state index in [1.165, 1.54) is 22.7 Å². The summed E-state index contributed by atoms with van der Waals surface area (Å²) in [5.74, 6) is 0.251. The summed E-state index contributed by atoms with van der Waals surface area (Å²) in [6.45, 7) is 2.19. The average molecular weight is 497 g/mol. The monoisotopic (exact) mass is 496 g/mol. The fraction of sp³-hybridized carbons (Fsp3) is 0.240. The Labute approximate surface area is 204 Å². The Morgan fingerprint density at radius 2 is 2.00 bits per heavy atom. The van der Waals surface area contributed by atoms with E-state index >= 15 is 0 Å². The molecule has 9 heteroatoms. The SMILES string of the molecule is COCCOC(=O)C1=C(C)N=c2s/c(=C\C=C\c3ccccc3OC)c(=O)n2[C@H]1c1cccs1. The summed E-state index contributed by atoms with van der Waals surface area (Å²) < 4.78 is 17.9. The number of ether oxygens (including phenoxy) is 3. The lowest BCUT2D eigenvalue weighted by atomic mass is 10.0. The van der Waals surface area contributed by atoms with Crippen molar-refractivity contribution in [1.29, 1.82) is 0 Å². The zero-order chi connectivity index (χ0) is 24.1. The van der Waals surface area contributed by atoms with Crippen LogP contribution in [0.25, 0.3) is 12.2 Å². The van der Waals surface area contributed by atoms with Crippen LogP contribution in [0.3, 0.4) is 0 Å². The van der Waals surface area contributed by atoms with Crippen LogP contribution in [-0.4, -0.2) is 38.0 Å². The molecule has 0 bridgehead atoms. The standard InChI is InChI=1S/C25H24N2O5S2/c1-16-21(24(29)32-14-13-30-2)22(19-12-7-15-33-19)27-23(28)20(34-25(27)26-16)11-6-9-17-8-4-5-10-18(17)31-3/h4-12,15,22H,13-14H2,1-3H3/b9-6+,20-11-/t22-/m0/s1. The molecule has 7 nitrogen and oxygen atoms in total. The number of methoxy groups -OCH3 is 2. The fourth-order valence-corrected chi connectivity index (χ4v) is 5.47. The van der Waals surface area contributed by atoms with E-state index in [4.69, 9.17) is 14.2 Å². The summed E-state index contributed by atoms with van der Waals surface area (Å²) in [6, 6.07) is 10.9. The highest BCUT2D eigenvalue weighted by Gasteiger charge is 2.33. The normalized spacial score (nSPS) is 16.0. The van der Waals surface area contributed by atoms with E-state index in [1.807, 2.05) is 53.9 Å². The number of para-hydroxylation sites is 1. The Morgan fingerprint density at radius 1 is 1.18 bits per heavy atom. The lowest BCUT2D eigenvalue weighted by Gasteiger charge is -2.23. The van der Waals surface area contributed by atoms with Crippen molar-refractivity contribution in [1.82, 2.24) is 4.57 Å². The van der Waals surface area contributed by atoms with Crippen molar-refractivity contribution in [2.45, 2.75) is 13.0 Å². The number of benzene rings is 1. The van der Waals surface area contributed by atoms with E-state index in [1.54, 1.807) is 31.8 Å². The van der Waals surface area contributed by atoms with Gasteiger partial charge < -0.3 is 14.2 Å². The second-order valence-corrected chi connectivity index (χ2v) is 9.34. The molecule has 3 aromatic rings. The molecule has 34 heavy (non-hydrogen) atoms. The van der Waals surface area contributed by atoms with Gasteiger partial charge in [0.1, 0.15) is 18.4 Å². The van der Waals surface area contributed by atoms with Gasteiger partial charge in [-0.25, -0.2) is 9.79 Å². The number of aromatic nitrogens is 1. The zero-order valence-electron chi connectivity index (χ0n) is 19.0. The van der Waals surface area contributed by atoms with Crippen LogP contribution < -0.4 is 19.6 Å². The maximum Gasteiger partial charge on any atom is 0.338 e. The first-order chi connectivity index (χ1) is 16.5. The fourth-order valence-electron chi connectivity index (χ4n) is 3.65. The molecule has 176 valence electrons. The molecular weight excluding hydrogens is 472 g/mol. The molecule has 3 heterocycles. The molecule has 1 aliphatic heterocycles. The molecule has 2 aromatic heterocycles. The predicted molar refractivity (Wildman–Crippen MR) is 134 cm³/mol. The first-order valence-electron chi connectivity index (χ1n) is 10.6. The minimum absolute atomic E-state index is 0.126. The first-order valence-corrected chi connectivity index (χ1v) is 12.3. The van der Waals surface area contributed by atoms with Crippen molar-refractivity contribution in [3.8, 4) is 5.75 Å². The van der Waals surface area contributed by atoms with Crippen molar-refractivity contribution in [2.75, 3.05) is 27.4 Å². The van der Waals surface area contributed by atoms with Crippen molar-refractivity contribution in [3.05, 3.63) is 89.3 Å². The second-order valence-electron chi connectivity index (χ2n) is 7.35. The molecule has 1 aliphatic rings.